The second kappa shape index (κ2) is 6.40. The summed E-state index contributed by atoms with van der Waals surface area (Å²) in [5, 5.41) is 9.06. The van der Waals surface area contributed by atoms with Crippen molar-refractivity contribution in [2.24, 2.45) is 5.92 Å². The van der Waals surface area contributed by atoms with Gasteiger partial charge in [0.25, 0.3) is 0 Å². The summed E-state index contributed by atoms with van der Waals surface area (Å²) in [4.78, 5) is 4.80. The molecule has 1 aromatic carbocycles. The summed E-state index contributed by atoms with van der Waals surface area (Å²) in [7, 11) is 0. The first-order valence-corrected chi connectivity index (χ1v) is 7.62. The molecule has 0 amide bonds. The van der Waals surface area contributed by atoms with E-state index < -0.39 is 0 Å². The van der Waals surface area contributed by atoms with Crippen LogP contribution in [0.5, 0.6) is 0 Å². The van der Waals surface area contributed by atoms with Gasteiger partial charge in [-0.15, -0.1) is 0 Å². The molecule has 0 bridgehead atoms. The Hall–Kier alpha value is -1.35. The number of aliphatic hydroxyl groups is 1. The monoisotopic (exact) mass is 274 g/mol. The number of imidazole rings is 1. The van der Waals surface area contributed by atoms with Crippen LogP contribution in [0, 0.1) is 5.92 Å². The quantitative estimate of drug-likeness (QED) is 0.871. The summed E-state index contributed by atoms with van der Waals surface area (Å²) < 4.78 is 2.32. The van der Waals surface area contributed by atoms with Crippen LogP contribution >= 0.6 is 0 Å². The molecule has 0 aliphatic heterocycles. The molecule has 2 rings (SSSR count). The molecule has 0 saturated heterocycles. The fraction of sp³-hybridized carbons (Fsp3) is 0.588. The summed E-state index contributed by atoms with van der Waals surface area (Å²) in [5.74, 6) is 2.21. The second-order valence-electron chi connectivity index (χ2n) is 6.26. The topological polar surface area (TPSA) is 38.0 Å². The zero-order valence-corrected chi connectivity index (χ0v) is 13.1. The highest BCUT2D eigenvalue weighted by Gasteiger charge is 2.12. The van der Waals surface area contributed by atoms with Crippen molar-refractivity contribution in [3.63, 3.8) is 0 Å². The van der Waals surface area contributed by atoms with Crippen LogP contribution in [0.3, 0.4) is 0 Å². The van der Waals surface area contributed by atoms with Crippen LogP contribution in [0.25, 0.3) is 11.0 Å². The number of fused-ring (bicyclic) bond motifs is 1. The standard InChI is InChI=1S/C17H26N2O/c1-12(2)11-19-16-8-7-14(13(3)4)10-15(16)18-17(19)6-5-9-20/h7-8,10,12-13,20H,5-6,9,11H2,1-4H3. The number of aromatic nitrogens is 2. The van der Waals surface area contributed by atoms with Gasteiger partial charge in [0.05, 0.1) is 11.0 Å². The van der Waals surface area contributed by atoms with Gasteiger partial charge in [-0.3, -0.25) is 0 Å². The minimum atomic E-state index is 0.224. The van der Waals surface area contributed by atoms with E-state index in [9.17, 15) is 0 Å². The Kier molecular flexibility index (Phi) is 4.81. The summed E-state index contributed by atoms with van der Waals surface area (Å²) in [6.45, 7) is 10.1. The molecular formula is C17H26N2O. The molecule has 2 aromatic rings. The lowest BCUT2D eigenvalue weighted by molar-refractivity contribution is 0.286. The number of benzene rings is 1. The molecule has 3 heteroatoms. The van der Waals surface area contributed by atoms with Crippen molar-refractivity contribution in [1.82, 2.24) is 9.55 Å². The Morgan fingerprint density at radius 1 is 1.20 bits per heavy atom. The molecule has 0 atom stereocenters. The van der Waals surface area contributed by atoms with E-state index in [1.807, 2.05) is 0 Å². The highest BCUT2D eigenvalue weighted by atomic mass is 16.2. The SMILES string of the molecule is CC(C)Cn1c(CCCO)nc2cc(C(C)C)ccc21. The number of rotatable bonds is 6. The summed E-state index contributed by atoms with van der Waals surface area (Å²) in [6.07, 6.45) is 1.62. The van der Waals surface area contributed by atoms with Gasteiger partial charge >= 0.3 is 0 Å². The summed E-state index contributed by atoms with van der Waals surface area (Å²) >= 11 is 0. The lowest BCUT2D eigenvalue weighted by Gasteiger charge is -2.12. The van der Waals surface area contributed by atoms with E-state index in [1.165, 1.54) is 11.1 Å². The molecule has 3 nitrogen and oxygen atoms in total. The second-order valence-corrected chi connectivity index (χ2v) is 6.26. The lowest BCUT2D eigenvalue weighted by Crippen LogP contribution is -2.09. The molecule has 20 heavy (non-hydrogen) atoms. The average Bonchev–Trinajstić information content (AvgIpc) is 2.73. The van der Waals surface area contributed by atoms with Gasteiger partial charge in [-0.25, -0.2) is 4.98 Å². The van der Waals surface area contributed by atoms with Crippen molar-refractivity contribution < 1.29 is 5.11 Å². The van der Waals surface area contributed by atoms with Crippen molar-refractivity contribution in [2.45, 2.75) is 53.0 Å². The number of aliphatic hydroxyl groups excluding tert-OH is 1. The first-order chi connectivity index (χ1) is 9.52. The first-order valence-electron chi connectivity index (χ1n) is 7.62. The molecule has 1 aromatic heterocycles. The normalized spacial score (nSPS) is 11.9. The third kappa shape index (κ3) is 3.21. The Bertz CT molecular complexity index is 570. The van der Waals surface area contributed by atoms with Gasteiger partial charge < -0.3 is 9.67 Å². The van der Waals surface area contributed by atoms with E-state index in [4.69, 9.17) is 10.1 Å². The Labute approximate surface area is 121 Å². The molecule has 1 heterocycles. The van der Waals surface area contributed by atoms with Crippen LogP contribution in [0.4, 0.5) is 0 Å². The predicted molar refractivity (Wildman–Crippen MR) is 84.1 cm³/mol. The van der Waals surface area contributed by atoms with Gasteiger partial charge in [0.1, 0.15) is 5.82 Å². The maximum atomic E-state index is 9.06. The number of nitrogens with zero attached hydrogens (tertiary/aromatic N) is 2. The van der Waals surface area contributed by atoms with Crippen molar-refractivity contribution in [1.29, 1.82) is 0 Å². The zero-order valence-electron chi connectivity index (χ0n) is 13.1. The zero-order chi connectivity index (χ0) is 14.7. The molecule has 0 aliphatic rings. The lowest BCUT2D eigenvalue weighted by atomic mass is 10.0. The van der Waals surface area contributed by atoms with Crippen LogP contribution in [-0.2, 0) is 13.0 Å². The molecule has 0 unspecified atom stereocenters. The van der Waals surface area contributed by atoms with Gasteiger partial charge in [-0.2, -0.15) is 0 Å². The highest BCUT2D eigenvalue weighted by molar-refractivity contribution is 5.77. The fourth-order valence-corrected chi connectivity index (χ4v) is 2.55. The minimum absolute atomic E-state index is 0.224. The Balaban J connectivity index is 2.47. The molecule has 0 spiro atoms. The number of aryl methyl sites for hydroxylation is 1. The molecule has 110 valence electrons. The van der Waals surface area contributed by atoms with Crippen molar-refractivity contribution in [3.05, 3.63) is 29.6 Å². The third-order valence-electron chi connectivity index (χ3n) is 3.62. The van der Waals surface area contributed by atoms with E-state index in [-0.39, 0.29) is 6.61 Å². The Morgan fingerprint density at radius 3 is 2.55 bits per heavy atom. The van der Waals surface area contributed by atoms with Gasteiger partial charge in [0.2, 0.25) is 0 Å². The van der Waals surface area contributed by atoms with Crippen LogP contribution in [0.1, 0.15) is 51.4 Å². The van der Waals surface area contributed by atoms with Crippen molar-refractivity contribution in [3.8, 4) is 0 Å². The number of hydrogen-bond donors (Lipinski definition) is 1. The van der Waals surface area contributed by atoms with Crippen LogP contribution in [0.2, 0.25) is 0 Å². The molecule has 0 saturated carbocycles. The van der Waals surface area contributed by atoms with Crippen molar-refractivity contribution >= 4 is 11.0 Å². The molecular weight excluding hydrogens is 248 g/mol. The van der Waals surface area contributed by atoms with Gasteiger partial charge in [0, 0.05) is 19.6 Å². The maximum Gasteiger partial charge on any atom is 0.109 e. The molecule has 0 aliphatic carbocycles. The maximum absolute atomic E-state index is 9.06. The van der Waals surface area contributed by atoms with Crippen LogP contribution < -0.4 is 0 Å². The third-order valence-corrected chi connectivity index (χ3v) is 3.62. The average molecular weight is 274 g/mol. The van der Waals surface area contributed by atoms with Crippen molar-refractivity contribution in [2.75, 3.05) is 6.61 Å². The smallest absolute Gasteiger partial charge is 0.109 e. The van der Waals surface area contributed by atoms with E-state index in [0.29, 0.717) is 11.8 Å². The molecule has 0 fully saturated rings. The van der Waals surface area contributed by atoms with E-state index in [1.54, 1.807) is 0 Å². The van der Waals surface area contributed by atoms with E-state index >= 15 is 0 Å². The van der Waals surface area contributed by atoms with Crippen LogP contribution in [-0.4, -0.2) is 21.3 Å². The van der Waals surface area contributed by atoms with E-state index in [0.717, 1.165) is 30.7 Å². The fourth-order valence-electron chi connectivity index (χ4n) is 2.55. The summed E-state index contributed by atoms with van der Waals surface area (Å²) in [5.41, 5.74) is 3.64. The molecule has 1 N–H and O–H groups in total. The highest BCUT2D eigenvalue weighted by Crippen LogP contribution is 2.23. The predicted octanol–water partition coefficient (Wildman–Crippen LogP) is 3.74. The molecule has 0 radical (unpaired) electrons. The van der Waals surface area contributed by atoms with Gasteiger partial charge in [-0.1, -0.05) is 33.8 Å². The summed E-state index contributed by atoms with van der Waals surface area (Å²) in [6, 6.07) is 6.61. The van der Waals surface area contributed by atoms with Gasteiger partial charge in [0.15, 0.2) is 0 Å². The Morgan fingerprint density at radius 2 is 1.95 bits per heavy atom. The number of hydrogen-bond acceptors (Lipinski definition) is 2. The minimum Gasteiger partial charge on any atom is -0.396 e. The van der Waals surface area contributed by atoms with E-state index in [2.05, 4.69) is 50.5 Å². The van der Waals surface area contributed by atoms with Gasteiger partial charge in [-0.05, 0) is 36.0 Å². The van der Waals surface area contributed by atoms with Crippen LogP contribution in [0.15, 0.2) is 18.2 Å². The largest absolute Gasteiger partial charge is 0.396 e. The first kappa shape index (κ1) is 15.0.